The summed E-state index contributed by atoms with van der Waals surface area (Å²) >= 11 is 7.47. The number of likely N-dealkylation sites (tertiary alicyclic amines) is 1. The molecule has 1 saturated heterocycles. The summed E-state index contributed by atoms with van der Waals surface area (Å²) in [6, 6.07) is 0. The molecule has 0 aromatic carbocycles. The normalized spacial score (nSPS) is 21.8. The van der Waals surface area contributed by atoms with Gasteiger partial charge in [0.15, 0.2) is 4.47 Å². The topological polar surface area (TPSA) is 53.4 Å². The molecule has 2 heterocycles. The molecule has 2 aliphatic rings. The van der Waals surface area contributed by atoms with E-state index in [-0.39, 0.29) is 5.41 Å². The zero-order valence-corrected chi connectivity index (χ0v) is 10.9. The van der Waals surface area contributed by atoms with Crippen molar-refractivity contribution in [3.05, 3.63) is 15.0 Å². The maximum Gasteiger partial charge on any atom is 0.407 e. The molecular weight excluding hydrogens is 260 g/mol. The number of hydrogen-bond donors (Lipinski definition) is 1. The predicted octanol–water partition coefficient (Wildman–Crippen LogP) is 2.66. The number of fused-ring (bicyclic) bond motifs is 1. The van der Waals surface area contributed by atoms with E-state index >= 15 is 0 Å². The standard InChI is InChI=1S/C11H13ClN2O2S/c12-9-13-7-5-11(6-8(7)17-9)1-3-14(4-2-11)10(15)16/h1-6H2,(H,15,16). The number of piperidine rings is 1. The molecule has 0 bridgehead atoms. The molecule has 0 unspecified atom stereocenters. The third-order valence-corrected chi connectivity index (χ3v) is 5.13. The molecule has 1 amide bonds. The van der Waals surface area contributed by atoms with Gasteiger partial charge in [0, 0.05) is 18.0 Å². The van der Waals surface area contributed by atoms with E-state index in [1.54, 1.807) is 11.3 Å². The van der Waals surface area contributed by atoms with Gasteiger partial charge in [0.1, 0.15) is 0 Å². The lowest BCUT2D eigenvalue weighted by Crippen LogP contribution is -2.43. The SMILES string of the molecule is O=C(O)N1CCC2(CC1)Cc1nc(Cl)sc1C2. The maximum absolute atomic E-state index is 10.9. The number of carboxylic acid groups (broad SMARTS) is 1. The summed E-state index contributed by atoms with van der Waals surface area (Å²) in [7, 11) is 0. The Bertz CT molecular complexity index is 441. The summed E-state index contributed by atoms with van der Waals surface area (Å²) in [5.41, 5.74) is 1.40. The van der Waals surface area contributed by atoms with Gasteiger partial charge in [-0.2, -0.15) is 0 Å². The van der Waals surface area contributed by atoms with Crippen LogP contribution in [0.3, 0.4) is 0 Å². The van der Waals surface area contributed by atoms with Gasteiger partial charge in [-0.1, -0.05) is 11.6 Å². The van der Waals surface area contributed by atoms with Crippen LogP contribution < -0.4 is 0 Å². The Kier molecular flexibility index (Phi) is 2.56. The second kappa shape index (κ2) is 3.85. The molecule has 1 N–H and O–H groups in total. The van der Waals surface area contributed by atoms with Crippen LogP contribution >= 0.6 is 22.9 Å². The van der Waals surface area contributed by atoms with Crippen molar-refractivity contribution < 1.29 is 9.90 Å². The molecule has 1 fully saturated rings. The van der Waals surface area contributed by atoms with Crippen LogP contribution in [0.1, 0.15) is 23.4 Å². The van der Waals surface area contributed by atoms with E-state index in [2.05, 4.69) is 4.98 Å². The molecule has 3 rings (SSSR count). The molecule has 1 aromatic rings. The summed E-state index contributed by atoms with van der Waals surface area (Å²) in [5, 5.41) is 8.94. The Hall–Kier alpha value is -0.810. The number of nitrogens with zero attached hydrogens (tertiary/aromatic N) is 2. The monoisotopic (exact) mass is 272 g/mol. The average Bonchev–Trinajstić information content (AvgIpc) is 2.72. The van der Waals surface area contributed by atoms with Crippen molar-refractivity contribution >= 4 is 29.0 Å². The van der Waals surface area contributed by atoms with E-state index in [0.717, 1.165) is 31.4 Å². The van der Waals surface area contributed by atoms with Crippen molar-refractivity contribution in [2.45, 2.75) is 25.7 Å². The fraction of sp³-hybridized carbons (Fsp3) is 0.636. The predicted molar refractivity (Wildman–Crippen MR) is 65.8 cm³/mol. The van der Waals surface area contributed by atoms with Crippen LogP contribution in [-0.4, -0.2) is 34.2 Å². The van der Waals surface area contributed by atoms with Gasteiger partial charge in [-0.05, 0) is 31.1 Å². The van der Waals surface area contributed by atoms with Crippen molar-refractivity contribution in [2.24, 2.45) is 5.41 Å². The zero-order chi connectivity index (χ0) is 12.0. The first-order valence-corrected chi connectivity index (χ1v) is 6.89. The van der Waals surface area contributed by atoms with E-state index in [0.29, 0.717) is 17.6 Å². The summed E-state index contributed by atoms with van der Waals surface area (Å²) in [5.74, 6) is 0. The maximum atomic E-state index is 10.9. The molecule has 1 aliphatic carbocycles. The van der Waals surface area contributed by atoms with Crippen LogP contribution in [0.15, 0.2) is 0 Å². The minimum Gasteiger partial charge on any atom is -0.465 e. The number of halogens is 1. The van der Waals surface area contributed by atoms with Gasteiger partial charge in [0.25, 0.3) is 0 Å². The van der Waals surface area contributed by atoms with Gasteiger partial charge in [0.2, 0.25) is 0 Å². The fourth-order valence-corrected chi connectivity index (χ4v) is 4.27. The molecule has 0 radical (unpaired) electrons. The molecule has 0 atom stereocenters. The van der Waals surface area contributed by atoms with Crippen molar-refractivity contribution in [3.8, 4) is 0 Å². The van der Waals surface area contributed by atoms with Crippen LogP contribution in [0.2, 0.25) is 4.47 Å². The highest BCUT2D eigenvalue weighted by Gasteiger charge is 2.42. The molecule has 6 heteroatoms. The third kappa shape index (κ3) is 1.91. The fourth-order valence-electron chi connectivity index (χ4n) is 2.91. The van der Waals surface area contributed by atoms with Crippen molar-refractivity contribution in [3.63, 3.8) is 0 Å². The Morgan fingerprint density at radius 2 is 2.12 bits per heavy atom. The van der Waals surface area contributed by atoms with E-state index < -0.39 is 6.09 Å². The summed E-state index contributed by atoms with van der Waals surface area (Å²) in [4.78, 5) is 18.0. The van der Waals surface area contributed by atoms with Gasteiger partial charge in [0.05, 0.1) is 5.69 Å². The lowest BCUT2D eigenvalue weighted by atomic mass is 9.76. The molecule has 17 heavy (non-hydrogen) atoms. The quantitative estimate of drug-likeness (QED) is 0.790. The lowest BCUT2D eigenvalue weighted by Gasteiger charge is -2.37. The lowest BCUT2D eigenvalue weighted by molar-refractivity contribution is 0.0937. The van der Waals surface area contributed by atoms with Crippen LogP contribution in [0.4, 0.5) is 4.79 Å². The highest BCUT2D eigenvalue weighted by atomic mass is 35.5. The Balaban J connectivity index is 1.72. The van der Waals surface area contributed by atoms with Crippen LogP contribution in [0.25, 0.3) is 0 Å². The highest BCUT2D eigenvalue weighted by molar-refractivity contribution is 7.15. The van der Waals surface area contributed by atoms with E-state index in [1.165, 1.54) is 9.78 Å². The van der Waals surface area contributed by atoms with Gasteiger partial charge in [-0.3, -0.25) is 0 Å². The minimum absolute atomic E-state index is 0.255. The first-order valence-electron chi connectivity index (χ1n) is 5.70. The van der Waals surface area contributed by atoms with Gasteiger partial charge < -0.3 is 10.0 Å². The third-order valence-electron chi connectivity index (χ3n) is 3.92. The number of carbonyl (C=O) groups is 1. The largest absolute Gasteiger partial charge is 0.465 e. The van der Waals surface area contributed by atoms with Crippen molar-refractivity contribution in [1.29, 1.82) is 0 Å². The molecule has 1 spiro atoms. The number of hydrogen-bond acceptors (Lipinski definition) is 3. The second-order valence-electron chi connectivity index (χ2n) is 4.96. The minimum atomic E-state index is -0.797. The summed E-state index contributed by atoms with van der Waals surface area (Å²) < 4.78 is 0.632. The molecule has 1 aliphatic heterocycles. The summed E-state index contributed by atoms with van der Waals surface area (Å²) in [6.45, 7) is 1.30. The molecular formula is C11H13ClN2O2S. The van der Waals surface area contributed by atoms with Gasteiger partial charge in [-0.15, -0.1) is 11.3 Å². The van der Waals surface area contributed by atoms with Crippen molar-refractivity contribution in [1.82, 2.24) is 9.88 Å². The average molecular weight is 273 g/mol. The number of rotatable bonds is 0. The number of amides is 1. The molecule has 0 saturated carbocycles. The second-order valence-corrected chi connectivity index (χ2v) is 6.63. The van der Waals surface area contributed by atoms with Crippen molar-refractivity contribution in [2.75, 3.05) is 13.1 Å². The Morgan fingerprint density at radius 1 is 1.41 bits per heavy atom. The van der Waals surface area contributed by atoms with Crippen LogP contribution in [0, 0.1) is 5.41 Å². The first kappa shape index (κ1) is 11.3. The Morgan fingerprint density at radius 3 is 2.71 bits per heavy atom. The number of thiazole rings is 1. The molecule has 4 nitrogen and oxygen atoms in total. The summed E-state index contributed by atoms with van der Waals surface area (Å²) in [6.07, 6.45) is 3.09. The van der Waals surface area contributed by atoms with Gasteiger partial charge >= 0.3 is 6.09 Å². The molecule has 1 aromatic heterocycles. The number of aromatic nitrogens is 1. The molecule has 92 valence electrons. The van der Waals surface area contributed by atoms with E-state index in [1.807, 2.05) is 0 Å². The van der Waals surface area contributed by atoms with E-state index in [4.69, 9.17) is 16.7 Å². The first-order chi connectivity index (χ1) is 8.08. The smallest absolute Gasteiger partial charge is 0.407 e. The van der Waals surface area contributed by atoms with Crippen LogP contribution in [-0.2, 0) is 12.8 Å². The zero-order valence-electron chi connectivity index (χ0n) is 9.28. The van der Waals surface area contributed by atoms with Gasteiger partial charge in [-0.25, -0.2) is 9.78 Å². The van der Waals surface area contributed by atoms with Crippen LogP contribution in [0.5, 0.6) is 0 Å². The van der Waals surface area contributed by atoms with E-state index in [9.17, 15) is 4.79 Å². The Labute approximate surface area is 108 Å². The highest BCUT2D eigenvalue weighted by Crippen LogP contribution is 2.46.